The van der Waals surface area contributed by atoms with E-state index in [1.54, 1.807) is 6.07 Å². The van der Waals surface area contributed by atoms with E-state index in [9.17, 15) is 0 Å². The van der Waals surface area contributed by atoms with Crippen molar-refractivity contribution in [2.45, 2.75) is 12.8 Å². The van der Waals surface area contributed by atoms with Crippen LogP contribution in [-0.4, -0.2) is 5.88 Å². The highest BCUT2D eigenvalue weighted by Gasteiger charge is 1.75. The summed E-state index contributed by atoms with van der Waals surface area (Å²) < 4.78 is 0. The molecule has 0 saturated heterocycles. The number of rotatable bonds is 2. The van der Waals surface area contributed by atoms with E-state index >= 15 is 0 Å². The Balaban J connectivity index is 3.06. The minimum atomic E-state index is 0.625. The zero-order valence-corrected chi connectivity index (χ0v) is 5.20. The van der Waals surface area contributed by atoms with Crippen LogP contribution in [0.25, 0.3) is 0 Å². The Bertz CT molecular complexity index is 135. The predicted molar refractivity (Wildman–Crippen MR) is 33.3 cm³/mol. The summed E-state index contributed by atoms with van der Waals surface area (Å²) in [5, 5.41) is 7.91. The average molecular weight is 128 g/mol. The molecule has 0 saturated carbocycles. The molecule has 0 aromatic carbocycles. The Morgan fingerprint density at radius 2 is 2.25 bits per heavy atom. The van der Waals surface area contributed by atoms with Gasteiger partial charge in [-0.05, 0) is 6.42 Å². The molecular formula is C6H6ClN. The lowest BCUT2D eigenvalue weighted by molar-refractivity contribution is 0.992. The van der Waals surface area contributed by atoms with E-state index in [-0.39, 0.29) is 0 Å². The van der Waals surface area contributed by atoms with Crippen LogP contribution < -0.4 is 0 Å². The Kier molecular flexibility index (Phi) is 5.82. The number of nitriles is 1. The second-order valence-corrected chi connectivity index (χ2v) is 1.58. The van der Waals surface area contributed by atoms with Crippen LogP contribution in [0.4, 0.5) is 0 Å². The summed E-state index contributed by atoms with van der Waals surface area (Å²) in [7, 11) is 0. The fraction of sp³-hybridized carbons (Fsp3) is 0.500. The molecule has 0 aromatic rings. The van der Waals surface area contributed by atoms with Crippen molar-refractivity contribution in [3.8, 4) is 17.9 Å². The van der Waals surface area contributed by atoms with Gasteiger partial charge in [0.1, 0.15) is 0 Å². The standard InChI is InChI=1S/C6H6ClN/c7-5-3-1-2-4-6-8/h1,3,5H2. The predicted octanol–water partition coefficient (Wildman–Crippen LogP) is 1.53. The smallest absolute Gasteiger partial charge is 0.152 e. The highest BCUT2D eigenvalue weighted by molar-refractivity contribution is 6.17. The van der Waals surface area contributed by atoms with Gasteiger partial charge in [0, 0.05) is 18.2 Å². The van der Waals surface area contributed by atoms with Crippen molar-refractivity contribution in [1.29, 1.82) is 5.26 Å². The van der Waals surface area contributed by atoms with Gasteiger partial charge >= 0.3 is 0 Å². The maximum Gasteiger partial charge on any atom is 0.152 e. The SMILES string of the molecule is N#CC#CCCCCl. The zero-order chi connectivity index (χ0) is 6.24. The molecule has 0 fully saturated rings. The fourth-order valence-electron chi connectivity index (χ4n) is 0.257. The van der Waals surface area contributed by atoms with Crippen LogP contribution >= 0.6 is 11.6 Å². The van der Waals surface area contributed by atoms with Gasteiger partial charge in [0.05, 0.1) is 0 Å². The molecule has 42 valence electrons. The fourth-order valence-corrected chi connectivity index (χ4v) is 0.391. The number of alkyl halides is 1. The highest BCUT2D eigenvalue weighted by atomic mass is 35.5. The van der Waals surface area contributed by atoms with Gasteiger partial charge in [0.25, 0.3) is 0 Å². The van der Waals surface area contributed by atoms with Gasteiger partial charge in [-0.25, -0.2) is 0 Å². The second kappa shape index (κ2) is 6.34. The van der Waals surface area contributed by atoms with E-state index in [1.807, 2.05) is 0 Å². The molecule has 0 bridgehead atoms. The first-order valence-electron chi connectivity index (χ1n) is 2.34. The molecule has 0 aromatic heterocycles. The lowest BCUT2D eigenvalue weighted by Gasteiger charge is -1.78. The Morgan fingerprint density at radius 3 is 2.75 bits per heavy atom. The minimum Gasteiger partial charge on any atom is -0.183 e. The maximum absolute atomic E-state index is 7.91. The van der Waals surface area contributed by atoms with Crippen LogP contribution in [0, 0.1) is 23.2 Å². The Labute approximate surface area is 54.3 Å². The summed E-state index contributed by atoms with van der Waals surface area (Å²) in [6.07, 6.45) is 1.60. The van der Waals surface area contributed by atoms with Crippen molar-refractivity contribution in [1.82, 2.24) is 0 Å². The summed E-state index contributed by atoms with van der Waals surface area (Å²) in [6, 6.07) is 1.72. The van der Waals surface area contributed by atoms with Crippen LogP contribution in [0.15, 0.2) is 0 Å². The van der Waals surface area contributed by atoms with E-state index in [0.29, 0.717) is 5.88 Å². The van der Waals surface area contributed by atoms with Crippen molar-refractivity contribution < 1.29 is 0 Å². The third-order valence-corrected chi connectivity index (χ3v) is 0.847. The number of hydrogen-bond acceptors (Lipinski definition) is 1. The molecule has 0 radical (unpaired) electrons. The molecule has 0 unspecified atom stereocenters. The minimum absolute atomic E-state index is 0.625. The molecule has 0 rings (SSSR count). The summed E-state index contributed by atoms with van der Waals surface area (Å²) in [5.41, 5.74) is 0. The average Bonchev–Trinajstić information content (AvgIpc) is 1.81. The highest BCUT2D eigenvalue weighted by Crippen LogP contribution is 1.87. The zero-order valence-electron chi connectivity index (χ0n) is 4.45. The van der Waals surface area contributed by atoms with Crippen molar-refractivity contribution in [3.63, 3.8) is 0 Å². The maximum atomic E-state index is 7.91. The molecule has 0 N–H and O–H groups in total. The summed E-state index contributed by atoms with van der Waals surface area (Å²) in [5.74, 6) is 5.55. The summed E-state index contributed by atoms with van der Waals surface area (Å²) >= 11 is 5.33. The van der Waals surface area contributed by atoms with Gasteiger partial charge < -0.3 is 0 Å². The molecule has 1 nitrogen and oxygen atoms in total. The Morgan fingerprint density at radius 1 is 1.50 bits per heavy atom. The molecular weight excluding hydrogens is 122 g/mol. The van der Waals surface area contributed by atoms with Gasteiger partial charge in [-0.1, -0.05) is 5.92 Å². The second-order valence-electron chi connectivity index (χ2n) is 1.21. The van der Waals surface area contributed by atoms with Gasteiger partial charge in [-0.3, -0.25) is 0 Å². The van der Waals surface area contributed by atoms with Gasteiger partial charge in [0.2, 0.25) is 0 Å². The third kappa shape index (κ3) is 5.34. The summed E-state index contributed by atoms with van der Waals surface area (Å²) in [4.78, 5) is 0. The van der Waals surface area contributed by atoms with Crippen LogP contribution in [0.1, 0.15) is 12.8 Å². The molecule has 0 aliphatic carbocycles. The third-order valence-electron chi connectivity index (χ3n) is 0.580. The normalized spacial score (nSPS) is 6.50. The van der Waals surface area contributed by atoms with Gasteiger partial charge in [0.15, 0.2) is 6.07 Å². The van der Waals surface area contributed by atoms with Gasteiger partial charge in [-0.15, -0.1) is 11.6 Å². The van der Waals surface area contributed by atoms with Crippen molar-refractivity contribution in [3.05, 3.63) is 0 Å². The van der Waals surface area contributed by atoms with E-state index in [4.69, 9.17) is 16.9 Å². The first-order valence-corrected chi connectivity index (χ1v) is 2.88. The van der Waals surface area contributed by atoms with E-state index in [0.717, 1.165) is 12.8 Å². The largest absolute Gasteiger partial charge is 0.183 e. The molecule has 2 heteroatoms. The van der Waals surface area contributed by atoms with Gasteiger partial charge in [-0.2, -0.15) is 5.26 Å². The first kappa shape index (κ1) is 7.34. The van der Waals surface area contributed by atoms with E-state index in [2.05, 4.69) is 11.8 Å². The molecule has 0 heterocycles. The molecule has 0 atom stereocenters. The molecule has 0 spiro atoms. The van der Waals surface area contributed by atoms with E-state index in [1.165, 1.54) is 0 Å². The lowest BCUT2D eigenvalue weighted by atomic mass is 10.3. The first-order chi connectivity index (χ1) is 3.91. The van der Waals surface area contributed by atoms with Crippen molar-refractivity contribution in [2.24, 2.45) is 0 Å². The number of hydrogen-bond donors (Lipinski definition) is 0. The topological polar surface area (TPSA) is 23.8 Å². The molecule has 0 aliphatic heterocycles. The quantitative estimate of drug-likeness (QED) is 0.314. The Hall–Kier alpha value is -0.660. The lowest BCUT2D eigenvalue weighted by Crippen LogP contribution is -1.69. The molecule has 0 amide bonds. The van der Waals surface area contributed by atoms with Crippen molar-refractivity contribution in [2.75, 3.05) is 5.88 Å². The molecule has 0 aliphatic rings. The number of nitrogens with zero attached hydrogens (tertiary/aromatic N) is 1. The number of halogens is 1. The van der Waals surface area contributed by atoms with Crippen LogP contribution in [-0.2, 0) is 0 Å². The van der Waals surface area contributed by atoms with Crippen LogP contribution in [0.3, 0.4) is 0 Å². The monoisotopic (exact) mass is 127 g/mol. The van der Waals surface area contributed by atoms with E-state index < -0.39 is 0 Å². The summed E-state index contributed by atoms with van der Waals surface area (Å²) in [6.45, 7) is 0. The van der Waals surface area contributed by atoms with Crippen LogP contribution in [0.2, 0.25) is 0 Å². The van der Waals surface area contributed by atoms with Crippen LogP contribution in [0.5, 0.6) is 0 Å². The molecule has 8 heavy (non-hydrogen) atoms. The van der Waals surface area contributed by atoms with Crippen molar-refractivity contribution >= 4 is 11.6 Å². The number of unbranched alkanes of at least 4 members (excludes halogenated alkanes) is 1.